The number of esters is 1. The number of aryl methyl sites for hydroxylation is 1. The van der Waals surface area contributed by atoms with Gasteiger partial charge in [-0.15, -0.1) is 0 Å². The highest BCUT2D eigenvalue weighted by Gasteiger charge is 2.37. The van der Waals surface area contributed by atoms with Crippen molar-refractivity contribution in [2.24, 2.45) is 5.41 Å². The summed E-state index contributed by atoms with van der Waals surface area (Å²) >= 11 is 6.66. The number of nitrogens with zero attached hydrogens (tertiary/aromatic N) is 1. The van der Waals surface area contributed by atoms with Gasteiger partial charge in [0.05, 0.1) is 11.5 Å². The number of sulfonamides is 1. The lowest BCUT2D eigenvalue weighted by molar-refractivity contribution is -0.141. The molecule has 1 saturated heterocycles. The van der Waals surface area contributed by atoms with Crippen molar-refractivity contribution in [3.63, 3.8) is 0 Å². The summed E-state index contributed by atoms with van der Waals surface area (Å²) in [6.45, 7) is 9.04. The molecule has 168 valence electrons. The van der Waals surface area contributed by atoms with Gasteiger partial charge in [0.1, 0.15) is 6.61 Å². The number of rotatable bonds is 8. The van der Waals surface area contributed by atoms with Crippen molar-refractivity contribution < 1.29 is 22.7 Å². The van der Waals surface area contributed by atoms with Crippen molar-refractivity contribution in [2.75, 3.05) is 26.3 Å². The number of benzene rings is 1. The summed E-state index contributed by atoms with van der Waals surface area (Å²) in [4.78, 5) is 11.6. The number of carbonyl (C=O) groups excluding carboxylic acids is 1. The van der Waals surface area contributed by atoms with Gasteiger partial charge in [0.2, 0.25) is 14.4 Å². The number of hydrogen-bond acceptors (Lipinski definition) is 7. The maximum Gasteiger partial charge on any atom is 0.302 e. The minimum atomic E-state index is -3.49. The zero-order valence-corrected chi connectivity index (χ0v) is 20.5. The summed E-state index contributed by atoms with van der Waals surface area (Å²) in [6, 6.07) is 6.97. The second-order valence-corrected chi connectivity index (χ2v) is 11.8. The van der Waals surface area contributed by atoms with Crippen LogP contribution in [0, 0.1) is 12.3 Å². The lowest BCUT2D eigenvalue weighted by atomic mass is 9.77. The van der Waals surface area contributed by atoms with Crippen molar-refractivity contribution >= 4 is 44.4 Å². The molecule has 0 radical (unpaired) electrons. The Morgan fingerprint density at radius 3 is 2.37 bits per heavy atom. The maximum atomic E-state index is 13.0. The van der Waals surface area contributed by atoms with E-state index >= 15 is 0 Å². The number of thiocarbonyl (C=S) groups is 1. The summed E-state index contributed by atoms with van der Waals surface area (Å²) < 4.78 is 38.5. The molecule has 0 N–H and O–H groups in total. The molecule has 1 atom stereocenters. The van der Waals surface area contributed by atoms with Crippen LogP contribution < -0.4 is 0 Å². The average molecular weight is 474 g/mol. The van der Waals surface area contributed by atoms with Crippen molar-refractivity contribution in [3.05, 3.63) is 29.8 Å². The number of thioether (sulfide) groups is 1. The third kappa shape index (κ3) is 7.21. The standard InChI is InChI=1S/C21H31NO5S3/c1-5-26-20(28)29-18(15-27-17(3)23)14-21(4)10-12-22(13-11-21)30(24,25)19-8-6-16(2)7-9-19/h6-9,18H,5,10-15H2,1-4H3. The molecule has 0 spiro atoms. The van der Waals surface area contributed by atoms with Crippen molar-refractivity contribution in [1.29, 1.82) is 0 Å². The normalized spacial score (nSPS) is 17.9. The van der Waals surface area contributed by atoms with Crippen LogP contribution in [-0.2, 0) is 24.3 Å². The van der Waals surface area contributed by atoms with E-state index in [2.05, 4.69) is 6.92 Å². The minimum Gasteiger partial charge on any atom is -0.479 e. The quantitative estimate of drug-likeness (QED) is 0.415. The van der Waals surface area contributed by atoms with Gasteiger partial charge in [-0.25, -0.2) is 8.42 Å². The van der Waals surface area contributed by atoms with Crippen LogP contribution in [0.3, 0.4) is 0 Å². The first-order chi connectivity index (χ1) is 14.1. The Hall–Kier alpha value is -1.16. The Labute approximate surface area is 189 Å². The summed E-state index contributed by atoms with van der Waals surface area (Å²) in [5.41, 5.74) is 0.959. The molecule has 2 rings (SSSR count). The molecular weight excluding hydrogens is 442 g/mol. The lowest BCUT2D eigenvalue weighted by Crippen LogP contribution is -2.43. The molecule has 9 heteroatoms. The van der Waals surface area contributed by atoms with Crippen LogP contribution in [0.5, 0.6) is 0 Å². The molecule has 1 unspecified atom stereocenters. The van der Waals surface area contributed by atoms with Gasteiger partial charge in [0, 0.05) is 25.3 Å². The molecule has 0 aromatic heterocycles. The van der Waals surface area contributed by atoms with Gasteiger partial charge < -0.3 is 9.47 Å². The fraction of sp³-hybridized carbons (Fsp3) is 0.619. The zero-order chi connectivity index (χ0) is 22.4. The summed E-state index contributed by atoms with van der Waals surface area (Å²) in [6.07, 6.45) is 2.23. The minimum absolute atomic E-state index is 0.0294. The predicted molar refractivity (Wildman–Crippen MR) is 124 cm³/mol. The van der Waals surface area contributed by atoms with E-state index in [1.165, 1.54) is 18.7 Å². The molecule has 0 saturated carbocycles. The summed E-state index contributed by atoms with van der Waals surface area (Å²) in [5, 5.41) is -0.0294. The van der Waals surface area contributed by atoms with Crippen molar-refractivity contribution in [2.45, 2.75) is 57.1 Å². The third-order valence-electron chi connectivity index (χ3n) is 5.31. The van der Waals surface area contributed by atoms with E-state index in [-0.39, 0.29) is 23.2 Å². The fourth-order valence-electron chi connectivity index (χ4n) is 3.51. The largest absolute Gasteiger partial charge is 0.479 e. The Bertz CT molecular complexity index is 831. The van der Waals surface area contributed by atoms with Crippen molar-refractivity contribution in [1.82, 2.24) is 4.31 Å². The molecule has 1 fully saturated rings. The summed E-state index contributed by atoms with van der Waals surface area (Å²) in [7, 11) is -3.49. The SMILES string of the molecule is CCOC(=S)SC(COC(C)=O)CC1(C)CCN(S(=O)(=O)c2ccc(C)cc2)CC1. The molecule has 0 bridgehead atoms. The Kier molecular flexibility index (Phi) is 9.14. The first-order valence-corrected chi connectivity index (χ1v) is 12.8. The van der Waals surface area contributed by atoms with Crippen LogP contribution in [0.25, 0.3) is 0 Å². The topological polar surface area (TPSA) is 72.9 Å². The Morgan fingerprint density at radius 2 is 1.83 bits per heavy atom. The monoisotopic (exact) mass is 473 g/mol. The van der Waals surface area contributed by atoms with E-state index < -0.39 is 10.0 Å². The Morgan fingerprint density at radius 1 is 1.23 bits per heavy atom. The molecule has 30 heavy (non-hydrogen) atoms. The molecule has 1 aromatic rings. The van der Waals surface area contributed by atoms with E-state index in [0.717, 1.165) is 24.8 Å². The fourth-order valence-corrected chi connectivity index (χ4v) is 6.56. The van der Waals surface area contributed by atoms with E-state index in [4.69, 9.17) is 21.7 Å². The highest BCUT2D eigenvalue weighted by Crippen LogP contribution is 2.40. The molecule has 0 aliphatic carbocycles. The second kappa shape index (κ2) is 10.9. The van der Waals surface area contributed by atoms with Crippen LogP contribution in [0.4, 0.5) is 0 Å². The van der Waals surface area contributed by atoms with Gasteiger partial charge in [-0.05, 0) is 62.9 Å². The highest BCUT2D eigenvalue weighted by molar-refractivity contribution is 8.23. The van der Waals surface area contributed by atoms with Gasteiger partial charge in [0.25, 0.3) is 0 Å². The molecule has 1 heterocycles. The Balaban J connectivity index is 2.02. The highest BCUT2D eigenvalue weighted by atomic mass is 32.2. The van der Waals surface area contributed by atoms with E-state index in [1.54, 1.807) is 16.4 Å². The van der Waals surface area contributed by atoms with Gasteiger partial charge in [0.15, 0.2) is 0 Å². The third-order valence-corrected chi connectivity index (χ3v) is 8.57. The average Bonchev–Trinajstić information content (AvgIpc) is 2.67. The number of ether oxygens (including phenoxy) is 2. The van der Waals surface area contributed by atoms with Gasteiger partial charge in [-0.3, -0.25) is 4.79 Å². The molecule has 0 amide bonds. The maximum absolute atomic E-state index is 13.0. The van der Waals surface area contributed by atoms with E-state index in [0.29, 0.717) is 29.0 Å². The zero-order valence-electron chi connectivity index (χ0n) is 18.0. The molecular formula is C21H31NO5S3. The second-order valence-electron chi connectivity index (χ2n) is 7.96. The van der Waals surface area contributed by atoms with Gasteiger partial charge in [-0.1, -0.05) is 36.4 Å². The van der Waals surface area contributed by atoms with Crippen LogP contribution in [0.2, 0.25) is 0 Å². The molecule has 1 aliphatic heterocycles. The number of hydrogen-bond donors (Lipinski definition) is 0. The lowest BCUT2D eigenvalue weighted by Gasteiger charge is -2.40. The van der Waals surface area contributed by atoms with Crippen LogP contribution in [0.15, 0.2) is 29.2 Å². The van der Waals surface area contributed by atoms with Crippen LogP contribution in [0.1, 0.15) is 45.6 Å². The first kappa shape index (κ1) is 25.1. The number of piperidine rings is 1. The number of carbonyl (C=O) groups is 1. The summed E-state index contributed by atoms with van der Waals surface area (Å²) in [5.74, 6) is -0.327. The van der Waals surface area contributed by atoms with Gasteiger partial charge in [-0.2, -0.15) is 4.31 Å². The molecule has 6 nitrogen and oxygen atoms in total. The van der Waals surface area contributed by atoms with E-state index in [9.17, 15) is 13.2 Å². The first-order valence-electron chi connectivity index (χ1n) is 10.1. The van der Waals surface area contributed by atoms with Gasteiger partial charge >= 0.3 is 5.97 Å². The van der Waals surface area contributed by atoms with Crippen molar-refractivity contribution in [3.8, 4) is 0 Å². The smallest absolute Gasteiger partial charge is 0.302 e. The van der Waals surface area contributed by atoms with E-state index in [1.807, 2.05) is 26.0 Å². The molecule has 1 aromatic carbocycles. The molecule has 1 aliphatic rings. The van der Waals surface area contributed by atoms with Crippen LogP contribution in [-0.4, -0.2) is 54.6 Å². The van der Waals surface area contributed by atoms with Crippen LogP contribution >= 0.6 is 24.0 Å². The predicted octanol–water partition coefficient (Wildman–Crippen LogP) is 4.16.